The van der Waals surface area contributed by atoms with Gasteiger partial charge in [-0.05, 0) is 68.3 Å². The number of aromatic nitrogens is 1. The van der Waals surface area contributed by atoms with Gasteiger partial charge in [-0.25, -0.2) is 21.8 Å². The van der Waals surface area contributed by atoms with Crippen LogP contribution >= 0.6 is 31.9 Å². The molecular formula is C19H17Br2N3O6S2. The molecule has 3 aromatic rings. The third-order valence-electron chi connectivity index (χ3n) is 4.09. The quantitative estimate of drug-likeness (QED) is 0.393. The van der Waals surface area contributed by atoms with Crippen LogP contribution in [0.3, 0.4) is 0 Å². The van der Waals surface area contributed by atoms with Crippen LogP contribution in [-0.4, -0.2) is 36.0 Å². The second kappa shape index (κ2) is 9.65. The molecule has 0 saturated carbocycles. The molecule has 2 N–H and O–H groups in total. The van der Waals surface area contributed by atoms with Gasteiger partial charge in [0.25, 0.3) is 20.0 Å². The number of hydrogen-bond acceptors (Lipinski definition) is 7. The van der Waals surface area contributed by atoms with Crippen LogP contribution in [0, 0.1) is 0 Å². The Morgan fingerprint density at radius 3 is 1.50 bits per heavy atom. The van der Waals surface area contributed by atoms with Gasteiger partial charge < -0.3 is 9.47 Å². The highest BCUT2D eigenvalue weighted by molar-refractivity contribution is 9.10. The number of benzene rings is 2. The van der Waals surface area contributed by atoms with Crippen LogP contribution in [0.2, 0.25) is 0 Å². The molecule has 0 saturated heterocycles. The van der Waals surface area contributed by atoms with E-state index >= 15 is 0 Å². The van der Waals surface area contributed by atoms with Gasteiger partial charge in [0.2, 0.25) is 0 Å². The van der Waals surface area contributed by atoms with E-state index in [-0.39, 0.29) is 21.4 Å². The van der Waals surface area contributed by atoms with E-state index in [1.54, 1.807) is 0 Å². The molecule has 0 atom stereocenters. The van der Waals surface area contributed by atoms with Gasteiger partial charge in [-0.3, -0.25) is 9.44 Å². The molecule has 1 aromatic heterocycles. The molecule has 0 bridgehead atoms. The van der Waals surface area contributed by atoms with Crippen molar-refractivity contribution in [2.45, 2.75) is 9.79 Å². The third kappa shape index (κ3) is 5.52. The average molecular weight is 607 g/mol. The molecule has 0 aliphatic heterocycles. The fourth-order valence-electron chi connectivity index (χ4n) is 2.56. The standard InChI is InChI=1S/C19H17Br2N3O6S2/c1-29-16-10-12(6-8-14(16)20)31(25,26)23-18-4-3-5-19(22-18)24-32(27,28)13-7-9-15(21)17(11-13)30-2/h3-11H,1-2H3,(H2,22,23,24). The summed E-state index contributed by atoms with van der Waals surface area (Å²) >= 11 is 6.53. The summed E-state index contributed by atoms with van der Waals surface area (Å²) < 4.78 is 67.0. The Bertz CT molecular complexity index is 1260. The normalized spacial score (nSPS) is 11.6. The molecule has 3 rings (SSSR count). The number of methoxy groups -OCH3 is 2. The Kier molecular flexibility index (Phi) is 7.32. The second-order valence-corrected chi connectivity index (χ2v) is 11.3. The molecule has 170 valence electrons. The largest absolute Gasteiger partial charge is 0.496 e. The molecule has 0 radical (unpaired) electrons. The van der Waals surface area contributed by atoms with Crippen molar-refractivity contribution in [2.75, 3.05) is 23.7 Å². The number of hydrogen-bond donors (Lipinski definition) is 2. The van der Waals surface area contributed by atoms with E-state index in [0.29, 0.717) is 20.4 Å². The van der Waals surface area contributed by atoms with Crippen molar-refractivity contribution < 1.29 is 26.3 Å². The first-order valence-corrected chi connectivity index (χ1v) is 13.3. The molecule has 0 aliphatic rings. The first kappa shape index (κ1) is 24.3. The SMILES string of the molecule is COc1cc(S(=O)(=O)Nc2cccc(NS(=O)(=O)c3ccc(Br)c(OC)c3)n2)ccc1Br. The van der Waals surface area contributed by atoms with E-state index in [2.05, 4.69) is 46.3 Å². The predicted octanol–water partition coefficient (Wildman–Crippen LogP) is 4.23. The summed E-state index contributed by atoms with van der Waals surface area (Å²) in [6, 6.07) is 12.8. The molecule has 0 spiro atoms. The van der Waals surface area contributed by atoms with Crippen LogP contribution in [0.4, 0.5) is 11.6 Å². The fraction of sp³-hybridized carbons (Fsp3) is 0.105. The third-order valence-corrected chi connectivity index (χ3v) is 8.11. The minimum absolute atomic E-state index is 0.0488. The van der Waals surface area contributed by atoms with E-state index in [0.717, 1.165) is 0 Å². The predicted molar refractivity (Wildman–Crippen MR) is 127 cm³/mol. The number of rotatable bonds is 8. The van der Waals surface area contributed by atoms with E-state index in [4.69, 9.17) is 9.47 Å². The molecule has 0 unspecified atom stereocenters. The van der Waals surface area contributed by atoms with Gasteiger partial charge in [-0.15, -0.1) is 0 Å². The van der Waals surface area contributed by atoms with Gasteiger partial charge in [-0.1, -0.05) is 6.07 Å². The summed E-state index contributed by atoms with van der Waals surface area (Å²) in [6.07, 6.45) is 0. The molecule has 0 aliphatic carbocycles. The summed E-state index contributed by atoms with van der Waals surface area (Å²) in [5.41, 5.74) is 0. The molecule has 1 heterocycles. The highest BCUT2D eigenvalue weighted by Gasteiger charge is 2.19. The van der Waals surface area contributed by atoms with Crippen LogP contribution in [-0.2, 0) is 20.0 Å². The van der Waals surface area contributed by atoms with Gasteiger partial charge in [0.05, 0.1) is 33.0 Å². The Labute approximate surface area is 202 Å². The van der Waals surface area contributed by atoms with Crippen molar-refractivity contribution >= 4 is 63.5 Å². The molecule has 13 heteroatoms. The zero-order valence-corrected chi connectivity index (χ0v) is 21.5. The summed E-state index contributed by atoms with van der Waals surface area (Å²) in [5, 5.41) is 0. The minimum Gasteiger partial charge on any atom is -0.496 e. The monoisotopic (exact) mass is 605 g/mol. The lowest BCUT2D eigenvalue weighted by molar-refractivity contribution is 0.410. The number of anilines is 2. The van der Waals surface area contributed by atoms with E-state index < -0.39 is 20.0 Å². The van der Waals surface area contributed by atoms with E-state index in [1.165, 1.54) is 68.8 Å². The maximum atomic E-state index is 12.7. The lowest BCUT2D eigenvalue weighted by Gasteiger charge is -2.12. The number of pyridine rings is 1. The van der Waals surface area contributed by atoms with Gasteiger partial charge in [-0.2, -0.15) is 0 Å². The smallest absolute Gasteiger partial charge is 0.263 e. The number of sulfonamides is 2. The maximum Gasteiger partial charge on any atom is 0.263 e. The van der Waals surface area contributed by atoms with Crippen LogP contribution in [0.5, 0.6) is 11.5 Å². The molecule has 32 heavy (non-hydrogen) atoms. The van der Waals surface area contributed by atoms with Crippen molar-refractivity contribution in [2.24, 2.45) is 0 Å². The van der Waals surface area contributed by atoms with Crippen molar-refractivity contribution in [1.82, 2.24) is 4.98 Å². The number of nitrogens with zero attached hydrogens (tertiary/aromatic N) is 1. The zero-order chi connectivity index (χ0) is 23.5. The molecule has 0 amide bonds. The van der Waals surface area contributed by atoms with Crippen molar-refractivity contribution in [3.63, 3.8) is 0 Å². The van der Waals surface area contributed by atoms with Gasteiger partial charge in [0.15, 0.2) is 0 Å². The van der Waals surface area contributed by atoms with Gasteiger partial charge >= 0.3 is 0 Å². The molecular weight excluding hydrogens is 590 g/mol. The summed E-state index contributed by atoms with van der Waals surface area (Å²) in [5.74, 6) is 0.542. The van der Waals surface area contributed by atoms with E-state index in [9.17, 15) is 16.8 Å². The first-order chi connectivity index (χ1) is 15.1. The van der Waals surface area contributed by atoms with Gasteiger partial charge in [0.1, 0.15) is 23.1 Å². The Balaban J connectivity index is 1.85. The first-order valence-electron chi connectivity index (χ1n) is 8.75. The second-order valence-electron chi connectivity index (χ2n) is 6.21. The summed E-state index contributed by atoms with van der Waals surface area (Å²) in [4.78, 5) is 3.96. The topological polar surface area (TPSA) is 124 Å². The minimum atomic E-state index is -4.00. The lowest BCUT2D eigenvalue weighted by Crippen LogP contribution is -2.16. The van der Waals surface area contributed by atoms with Crippen LogP contribution in [0.15, 0.2) is 73.3 Å². The van der Waals surface area contributed by atoms with E-state index in [1.807, 2.05) is 0 Å². The maximum absolute atomic E-state index is 12.7. The lowest BCUT2D eigenvalue weighted by atomic mass is 10.3. The van der Waals surface area contributed by atoms with Crippen LogP contribution < -0.4 is 18.9 Å². The summed E-state index contributed by atoms with van der Waals surface area (Å²) in [6.45, 7) is 0. The molecule has 0 fully saturated rings. The highest BCUT2D eigenvalue weighted by atomic mass is 79.9. The summed E-state index contributed by atoms with van der Waals surface area (Å²) in [7, 11) is -5.17. The fourth-order valence-corrected chi connectivity index (χ4v) is 5.41. The Morgan fingerprint density at radius 1 is 0.719 bits per heavy atom. The molecule has 9 nitrogen and oxygen atoms in total. The average Bonchev–Trinajstić information content (AvgIpc) is 2.73. The zero-order valence-electron chi connectivity index (χ0n) is 16.7. The number of halogens is 2. The van der Waals surface area contributed by atoms with Gasteiger partial charge in [0, 0.05) is 12.1 Å². The van der Waals surface area contributed by atoms with Crippen molar-refractivity contribution in [3.8, 4) is 11.5 Å². The Morgan fingerprint density at radius 2 is 1.12 bits per heavy atom. The highest BCUT2D eigenvalue weighted by Crippen LogP contribution is 2.30. The van der Waals surface area contributed by atoms with Crippen LogP contribution in [0.25, 0.3) is 0 Å². The van der Waals surface area contributed by atoms with Crippen molar-refractivity contribution in [3.05, 3.63) is 63.5 Å². The molecule has 2 aromatic carbocycles. The number of nitrogens with one attached hydrogen (secondary N) is 2. The van der Waals surface area contributed by atoms with Crippen molar-refractivity contribution in [1.29, 1.82) is 0 Å². The number of ether oxygens (including phenoxy) is 2. The Hall–Kier alpha value is -2.35. The van der Waals surface area contributed by atoms with Crippen LogP contribution in [0.1, 0.15) is 0 Å².